The van der Waals surface area contributed by atoms with Crippen LogP contribution in [0.4, 0.5) is 0 Å². The van der Waals surface area contributed by atoms with Crippen LogP contribution in [0, 0.1) is 0 Å². The molecule has 2 heteroatoms. The molecule has 0 amide bonds. The maximum atomic E-state index is 10.2. The van der Waals surface area contributed by atoms with E-state index in [1.165, 1.54) is 6.07 Å². The number of rotatable bonds is 2. The average Bonchev–Trinajstić information content (AvgIpc) is 2.51. The molecule has 20 heavy (non-hydrogen) atoms. The second kappa shape index (κ2) is 5.10. The lowest BCUT2D eigenvalue weighted by atomic mass is 9.93. The Bertz CT molecular complexity index is 719. The zero-order valence-electron chi connectivity index (χ0n) is 10.8. The molecule has 0 unspecified atom stereocenters. The van der Waals surface area contributed by atoms with Crippen molar-refractivity contribution in [2.75, 3.05) is 0 Å². The van der Waals surface area contributed by atoms with Crippen molar-refractivity contribution < 1.29 is 10.2 Å². The summed E-state index contributed by atoms with van der Waals surface area (Å²) in [6.07, 6.45) is 0. The molecule has 3 aromatic rings. The number of benzene rings is 3. The zero-order valence-corrected chi connectivity index (χ0v) is 10.8. The lowest BCUT2D eigenvalue weighted by Gasteiger charge is -2.13. The van der Waals surface area contributed by atoms with E-state index in [0.717, 1.165) is 16.7 Å². The van der Waals surface area contributed by atoms with Gasteiger partial charge in [-0.25, -0.2) is 0 Å². The first kappa shape index (κ1) is 12.3. The molecule has 0 fully saturated rings. The normalized spacial score (nSPS) is 10.4. The van der Waals surface area contributed by atoms with Crippen molar-refractivity contribution in [1.82, 2.24) is 0 Å². The highest BCUT2D eigenvalue weighted by molar-refractivity contribution is 5.89. The Kier molecular flexibility index (Phi) is 3.13. The van der Waals surface area contributed by atoms with Gasteiger partial charge >= 0.3 is 0 Å². The van der Waals surface area contributed by atoms with Crippen LogP contribution < -0.4 is 0 Å². The van der Waals surface area contributed by atoms with Crippen molar-refractivity contribution in [3.8, 4) is 33.8 Å². The molecule has 0 spiro atoms. The molecule has 0 aliphatic rings. The smallest absolute Gasteiger partial charge is 0.166 e. The van der Waals surface area contributed by atoms with E-state index in [2.05, 4.69) is 0 Å². The molecule has 0 heterocycles. The molecule has 2 N–H and O–H groups in total. The Balaban J connectivity index is 2.29. The second-order valence-corrected chi connectivity index (χ2v) is 4.59. The summed E-state index contributed by atoms with van der Waals surface area (Å²) < 4.78 is 0. The standard InChI is InChI=1S/C18H14O2/c19-16-12-11-15(13-7-3-1-4-8-13)17(18(16)20)14-9-5-2-6-10-14/h1-12,19-20H. The van der Waals surface area contributed by atoms with Crippen LogP contribution in [0.3, 0.4) is 0 Å². The molecule has 98 valence electrons. The minimum absolute atomic E-state index is 0.0856. The summed E-state index contributed by atoms with van der Waals surface area (Å²) >= 11 is 0. The van der Waals surface area contributed by atoms with Crippen LogP contribution in [-0.4, -0.2) is 10.2 Å². The molecular formula is C18H14O2. The summed E-state index contributed by atoms with van der Waals surface area (Å²) in [4.78, 5) is 0. The predicted molar refractivity (Wildman–Crippen MR) is 80.6 cm³/mol. The third-order valence-corrected chi connectivity index (χ3v) is 3.30. The summed E-state index contributed by atoms with van der Waals surface area (Å²) in [5.74, 6) is -0.193. The van der Waals surface area contributed by atoms with Crippen LogP contribution in [0.1, 0.15) is 0 Å². The van der Waals surface area contributed by atoms with Gasteiger partial charge in [-0.3, -0.25) is 0 Å². The third kappa shape index (κ3) is 2.12. The van der Waals surface area contributed by atoms with Gasteiger partial charge in [0.1, 0.15) is 0 Å². The van der Waals surface area contributed by atoms with Crippen molar-refractivity contribution >= 4 is 0 Å². The van der Waals surface area contributed by atoms with Gasteiger partial charge in [0.15, 0.2) is 11.5 Å². The first-order valence-corrected chi connectivity index (χ1v) is 6.43. The fourth-order valence-electron chi connectivity index (χ4n) is 2.34. The molecule has 0 aromatic heterocycles. The van der Waals surface area contributed by atoms with Crippen molar-refractivity contribution in [3.63, 3.8) is 0 Å². The highest BCUT2D eigenvalue weighted by Crippen LogP contribution is 2.43. The van der Waals surface area contributed by atoms with Crippen molar-refractivity contribution in [3.05, 3.63) is 72.8 Å². The van der Waals surface area contributed by atoms with E-state index < -0.39 is 0 Å². The molecule has 0 saturated heterocycles. The Labute approximate surface area is 117 Å². The van der Waals surface area contributed by atoms with Crippen LogP contribution in [0.25, 0.3) is 22.3 Å². The third-order valence-electron chi connectivity index (χ3n) is 3.30. The summed E-state index contributed by atoms with van der Waals surface area (Å²) in [5.41, 5.74) is 3.42. The minimum Gasteiger partial charge on any atom is -0.504 e. The van der Waals surface area contributed by atoms with Crippen LogP contribution in [0.5, 0.6) is 11.5 Å². The summed E-state index contributed by atoms with van der Waals surface area (Å²) in [5, 5.41) is 20.0. The molecule has 0 radical (unpaired) electrons. The van der Waals surface area contributed by atoms with Gasteiger partial charge in [0, 0.05) is 5.56 Å². The average molecular weight is 262 g/mol. The molecule has 0 bridgehead atoms. The van der Waals surface area contributed by atoms with E-state index in [4.69, 9.17) is 0 Å². The van der Waals surface area contributed by atoms with E-state index in [1.54, 1.807) is 0 Å². The van der Waals surface area contributed by atoms with Gasteiger partial charge < -0.3 is 10.2 Å². The molecule has 2 nitrogen and oxygen atoms in total. The molecule has 0 aliphatic heterocycles. The predicted octanol–water partition coefficient (Wildman–Crippen LogP) is 4.43. The number of hydrogen-bond donors (Lipinski definition) is 2. The molecule has 3 aromatic carbocycles. The van der Waals surface area contributed by atoms with Crippen LogP contribution in [-0.2, 0) is 0 Å². The Morgan fingerprint density at radius 3 is 1.70 bits per heavy atom. The molecule has 0 aliphatic carbocycles. The van der Waals surface area contributed by atoms with Crippen LogP contribution in [0.15, 0.2) is 72.8 Å². The van der Waals surface area contributed by atoms with Gasteiger partial charge in [-0.1, -0.05) is 60.7 Å². The summed E-state index contributed by atoms with van der Waals surface area (Å²) in [6, 6.07) is 22.7. The van der Waals surface area contributed by atoms with Gasteiger partial charge in [0.05, 0.1) is 0 Å². The number of phenolic OH excluding ortho intramolecular Hbond substituents is 2. The highest BCUT2D eigenvalue weighted by Gasteiger charge is 2.15. The maximum absolute atomic E-state index is 10.2. The SMILES string of the molecule is Oc1ccc(-c2ccccc2)c(-c2ccccc2)c1O. The van der Waals surface area contributed by atoms with E-state index in [-0.39, 0.29) is 11.5 Å². The lowest BCUT2D eigenvalue weighted by Crippen LogP contribution is -1.86. The van der Waals surface area contributed by atoms with Crippen molar-refractivity contribution in [1.29, 1.82) is 0 Å². The fraction of sp³-hybridized carbons (Fsp3) is 0. The molecular weight excluding hydrogens is 248 g/mol. The number of aromatic hydroxyl groups is 2. The van der Waals surface area contributed by atoms with E-state index in [0.29, 0.717) is 5.56 Å². The summed E-state index contributed by atoms with van der Waals surface area (Å²) in [7, 11) is 0. The fourth-order valence-corrected chi connectivity index (χ4v) is 2.34. The van der Waals surface area contributed by atoms with E-state index >= 15 is 0 Å². The molecule has 0 atom stereocenters. The van der Waals surface area contributed by atoms with Gasteiger partial charge in [-0.15, -0.1) is 0 Å². The number of phenols is 2. The second-order valence-electron chi connectivity index (χ2n) is 4.59. The largest absolute Gasteiger partial charge is 0.504 e. The summed E-state index contributed by atoms with van der Waals surface area (Å²) in [6.45, 7) is 0. The molecule has 0 saturated carbocycles. The first-order chi connectivity index (χ1) is 9.77. The van der Waals surface area contributed by atoms with Crippen molar-refractivity contribution in [2.45, 2.75) is 0 Å². The van der Waals surface area contributed by atoms with Gasteiger partial charge in [0.2, 0.25) is 0 Å². The zero-order chi connectivity index (χ0) is 13.9. The van der Waals surface area contributed by atoms with E-state index in [1.807, 2.05) is 66.7 Å². The first-order valence-electron chi connectivity index (χ1n) is 6.43. The maximum Gasteiger partial charge on any atom is 0.166 e. The quantitative estimate of drug-likeness (QED) is 0.671. The van der Waals surface area contributed by atoms with Crippen LogP contribution >= 0.6 is 0 Å². The van der Waals surface area contributed by atoms with Gasteiger partial charge in [0.25, 0.3) is 0 Å². The molecule has 3 rings (SSSR count). The number of hydrogen-bond acceptors (Lipinski definition) is 2. The Morgan fingerprint density at radius 2 is 1.10 bits per heavy atom. The Morgan fingerprint density at radius 1 is 0.550 bits per heavy atom. The minimum atomic E-state index is -0.108. The van der Waals surface area contributed by atoms with Gasteiger partial charge in [-0.05, 0) is 28.8 Å². The monoisotopic (exact) mass is 262 g/mol. The highest BCUT2D eigenvalue weighted by atomic mass is 16.3. The van der Waals surface area contributed by atoms with Crippen molar-refractivity contribution in [2.24, 2.45) is 0 Å². The topological polar surface area (TPSA) is 40.5 Å². The lowest BCUT2D eigenvalue weighted by molar-refractivity contribution is 0.405. The van der Waals surface area contributed by atoms with Crippen LogP contribution in [0.2, 0.25) is 0 Å². The van der Waals surface area contributed by atoms with E-state index in [9.17, 15) is 10.2 Å². The Hall–Kier alpha value is -2.74. The van der Waals surface area contributed by atoms with Gasteiger partial charge in [-0.2, -0.15) is 0 Å².